The maximum absolute atomic E-state index is 12.5. The van der Waals surface area contributed by atoms with Gasteiger partial charge in [0, 0.05) is 28.7 Å². The minimum Gasteiger partial charge on any atom is -0.507 e. The second kappa shape index (κ2) is 11.2. The van der Waals surface area contributed by atoms with Crippen LogP contribution in [0.2, 0.25) is 0 Å². The quantitative estimate of drug-likeness (QED) is 0.227. The van der Waals surface area contributed by atoms with Gasteiger partial charge in [-0.1, -0.05) is 107 Å². The number of carbonyl (C=O) groups excluding carboxylic acids is 1. The number of phenols is 1. The molecule has 0 aliphatic rings. The number of aromatic hydroxyl groups is 1. The van der Waals surface area contributed by atoms with Crippen LogP contribution in [0.5, 0.6) is 11.5 Å². The summed E-state index contributed by atoms with van der Waals surface area (Å²) in [6, 6.07) is 8.67. The maximum Gasteiger partial charge on any atom is 0.335 e. The SMILES string of the molecule is C=CC(=O)Oc1c(C(C)c2cc(C(C)CC)cc(C(C)(C)C)c2O)cc(C(C)CC)cc1C(C)(C)C. The number of benzene rings is 2. The molecule has 3 atom stereocenters. The lowest BCUT2D eigenvalue weighted by Gasteiger charge is -2.30. The number of hydrogen-bond donors (Lipinski definition) is 1. The Balaban J connectivity index is 2.96. The van der Waals surface area contributed by atoms with E-state index in [2.05, 4.69) is 107 Å². The zero-order chi connectivity index (χ0) is 27.6. The fourth-order valence-electron chi connectivity index (χ4n) is 4.60. The predicted molar refractivity (Wildman–Crippen MR) is 153 cm³/mol. The van der Waals surface area contributed by atoms with Crippen molar-refractivity contribution in [3.8, 4) is 11.5 Å². The molecule has 198 valence electrons. The van der Waals surface area contributed by atoms with E-state index in [-0.39, 0.29) is 16.7 Å². The minimum absolute atomic E-state index is 0.187. The Morgan fingerprint density at radius 2 is 1.31 bits per heavy atom. The summed E-state index contributed by atoms with van der Waals surface area (Å²) in [6.07, 6.45) is 3.23. The number of carbonyl (C=O) groups is 1. The molecule has 3 nitrogen and oxygen atoms in total. The van der Waals surface area contributed by atoms with Crippen molar-refractivity contribution in [2.24, 2.45) is 0 Å². The van der Waals surface area contributed by atoms with E-state index in [1.807, 2.05) is 0 Å². The Labute approximate surface area is 220 Å². The molecule has 2 rings (SSSR count). The molecule has 0 aliphatic heterocycles. The molecule has 2 aromatic rings. The topological polar surface area (TPSA) is 46.5 Å². The van der Waals surface area contributed by atoms with Crippen LogP contribution in [0.3, 0.4) is 0 Å². The molecule has 0 radical (unpaired) electrons. The molecule has 2 aromatic carbocycles. The highest BCUT2D eigenvalue weighted by atomic mass is 16.5. The molecule has 0 amide bonds. The standard InChI is InChI=1S/C33H48O3/c1-13-20(4)23-16-25(30(35)27(18-23)32(7,8)9)22(6)26-17-24(21(5)14-2)19-28(33(10,11)12)31(26)36-29(34)15-3/h15-22,35H,3,13-14H2,1-2,4-12H3. The molecule has 1 N–H and O–H groups in total. The van der Waals surface area contributed by atoms with Crippen LogP contribution in [0.1, 0.15) is 140 Å². The van der Waals surface area contributed by atoms with Crippen molar-refractivity contribution in [2.75, 3.05) is 0 Å². The Kier molecular flexibility index (Phi) is 9.26. The van der Waals surface area contributed by atoms with Gasteiger partial charge in [-0.05, 0) is 52.2 Å². The van der Waals surface area contributed by atoms with Crippen LogP contribution in [0.4, 0.5) is 0 Å². The van der Waals surface area contributed by atoms with Gasteiger partial charge in [0.15, 0.2) is 0 Å². The van der Waals surface area contributed by atoms with Crippen molar-refractivity contribution >= 4 is 5.97 Å². The van der Waals surface area contributed by atoms with Crippen LogP contribution in [-0.4, -0.2) is 11.1 Å². The van der Waals surface area contributed by atoms with E-state index in [1.54, 1.807) is 0 Å². The maximum atomic E-state index is 12.5. The van der Waals surface area contributed by atoms with Crippen LogP contribution in [0.15, 0.2) is 36.9 Å². The second-order valence-corrected chi connectivity index (χ2v) is 12.5. The van der Waals surface area contributed by atoms with Gasteiger partial charge in [-0.2, -0.15) is 0 Å². The number of rotatable bonds is 8. The molecule has 0 bridgehead atoms. The first kappa shape index (κ1) is 29.7. The van der Waals surface area contributed by atoms with Gasteiger partial charge in [0.1, 0.15) is 11.5 Å². The van der Waals surface area contributed by atoms with E-state index >= 15 is 0 Å². The summed E-state index contributed by atoms with van der Waals surface area (Å²) < 4.78 is 5.96. The lowest BCUT2D eigenvalue weighted by Crippen LogP contribution is -2.19. The monoisotopic (exact) mass is 492 g/mol. The van der Waals surface area contributed by atoms with Crippen LogP contribution < -0.4 is 4.74 Å². The molecule has 3 heteroatoms. The molecule has 36 heavy (non-hydrogen) atoms. The lowest BCUT2D eigenvalue weighted by atomic mass is 9.77. The number of esters is 1. The van der Waals surface area contributed by atoms with Crippen molar-refractivity contribution in [1.82, 2.24) is 0 Å². The zero-order valence-electron chi connectivity index (χ0n) is 24.5. The molecule has 3 unspecified atom stereocenters. The summed E-state index contributed by atoms with van der Waals surface area (Å²) in [7, 11) is 0. The van der Waals surface area contributed by atoms with E-state index in [4.69, 9.17) is 4.74 Å². The van der Waals surface area contributed by atoms with Crippen LogP contribution in [0, 0.1) is 0 Å². The van der Waals surface area contributed by atoms with Gasteiger partial charge in [-0.25, -0.2) is 4.79 Å². The first-order chi connectivity index (χ1) is 16.6. The van der Waals surface area contributed by atoms with Gasteiger partial charge in [0.05, 0.1) is 0 Å². The van der Waals surface area contributed by atoms with Gasteiger partial charge < -0.3 is 9.84 Å². The third kappa shape index (κ3) is 6.41. The van der Waals surface area contributed by atoms with Crippen molar-refractivity contribution < 1.29 is 14.6 Å². The first-order valence-corrected chi connectivity index (χ1v) is 13.5. The summed E-state index contributed by atoms with van der Waals surface area (Å²) in [5.41, 5.74) is 5.71. The molecular formula is C33H48O3. The largest absolute Gasteiger partial charge is 0.507 e. The van der Waals surface area contributed by atoms with Crippen LogP contribution in [-0.2, 0) is 15.6 Å². The number of phenolic OH excluding ortho intramolecular Hbond substituents is 1. The van der Waals surface area contributed by atoms with Crippen LogP contribution in [0.25, 0.3) is 0 Å². The molecule has 0 aliphatic carbocycles. The molecule has 0 aromatic heterocycles. The average molecular weight is 493 g/mol. The van der Waals surface area contributed by atoms with Crippen molar-refractivity contribution in [3.63, 3.8) is 0 Å². The molecule has 0 saturated carbocycles. The van der Waals surface area contributed by atoms with Gasteiger partial charge in [0.2, 0.25) is 0 Å². The zero-order valence-corrected chi connectivity index (χ0v) is 24.5. The summed E-state index contributed by atoms with van der Waals surface area (Å²) in [4.78, 5) is 12.5. The smallest absolute Gasteiger partial charge is 0.335 e. The molecule has 0 heterocycles. The van der Waals surface area contributed by atoms with Crippen LogP contribution >= 0.6 is 0 Å². The summed E-state index contributed by atoms with van der Waals surface area (Å²) in [5, 5.41) is 11.6. The number of hydrogen-bond acceptors (Lipinski definition) is 3. The highest BCUT2D eigenvalue weighted by Gasteiger charge is 2.30. The third-order valence-corrected chi connectivity index (χ3v) is 7.58. The second-order valence-electron chi connectivity index (χ2n) is 12.5. The third-order valence-electron chi connectivity index (χ3n) is 7.58. The Morgan fingerprint density at radius 3 is 1.72 bits per heavy atom. The van der Waals surface area contributed by atoms with E-state index in [0.29, 0.717) is 23.3 Å². The average Bonchev–Trinajstić information content (AvgIpc) is 2.81. The lowest BCUT2D eigenvalue weighted by molar-refractivity contribution is -0.129. The highest BCUT2D eigenvalue weighted by Crippen LogP contribution is 2.46. The Hall–Kier alpha value is -2.55. The van der Waals surface area contributed by atoms with Gasteiger partial charge in [-0.3, -0.25) is 0 Å². The normalized spacial score (nSPS) is 14.8. The number of ether oxygens (including phenoxy) is 1. The van der Waals surface area contributed by atoms with E-state index < -0.39 is 5.97 Å². The fraction of sp³-hybridized carbons (Fsp3) is 0.545. The van der Waals surface area contributed by atoms with E-state index in [0.717, 1.165) is 35.1 Å². The minimum atomic E-state index is -0.474. The molecule has 0 fully saturated rings. The van der Waals surface area contributed by atoms with E-state index in [9.17, 15) is 9.90 Å². The van der Waals surface area contributed by atoms with Crippen molar-refractivity contribution in [3.05, 3.63) is 70.3 Å². The van der Waals surface area contributed by atoms with Crippen molar-refractivity contribution in [2.45, 2.75) is 118 Å². The molecular weight excluding hydrogens is 444 g/mol. The summed E-state index contributed by atoms with van der Waals surface area (Å²) >= 11 is 0. The fourth-order valence-corrected chi connectivity index (χ4v) is 4.60. The van der Waals surface area contributed by atoms with Gasteiger partial charge >= 0.3 is 5.97 Å². The predicted octanol–water partition coefficient (Wildman–Crippen LogP) is 9.26. The van der Waals surface area contributed by atoms with Gasteiger partial charge in [0.25, 0.3) is 0 Å². The Bertz CT molecular complexity index is 1100. The summed E-state index contributed by atoms with van der Waals surface area (Å²) in [6.45, 7) is 27.4. The van der Waals surface area contributed by atoms with Gasteiger partial charge in [-0.15, -0.1) is 0 Å². The Morgan fingerprint density at radius 1 is 0.861 bits per heavy atom. The molecule has 0 spiro atoms. The van der Waals surface area contributed by atoms with E-state index in [1.165, 1.54) is 17.2 Å². The highest BCUT2D eigenvalue weighted by molar-refractivity contribution is 5.84. The summed E-state index contributed by atoms with van der Waals surface area (Å²) in [5.74, 6) is 0.969. The van der Waals surface area contributed by atoms with Crippen molar-refractivity contribution in [1.29, 1.82) is 0 Å². The molecule has 0 saturated heterocycles. The first-order valence-electron chi connectivity index (χ1n) is 13.5.